The normalized spacial score (nSPS) is 10.5. The molecule has 0 aliphatic heterocycles. The summed E-state index contributed by atoms with van der Waals surface area (Å²) in [6.45, 7) is -0.249. The van der Waals surface area contributed by atoms with E-state index in [-0.39, 0.29) is 29.0 Å². The molecular weight excluding hydrogens is 440 g/mol. The molecule has 0 unspecified atom stereocenters. The molecule has 0 bridgehead atoms. The lowest BCUT2D eigenvalue weighted by molar-refractivity contribution is -0.118. The highest BCUT2D eigenvalue weighted by Gasteiger charge is 2.17. The molecular formula is C22H19F2N3O4S. The van der Waals surface area contributed by atoms with Gasteiger partial charge in [0.05, 0.1) is 12.7 Å². The third-order valence-electron chi connectivity index (χ3n) is 4.05. The van der Waals surface area contributed by atoms with E-state index in [4.69, 9.17) is 9.47 Å². The van der Waals surface area contributed by atoms with Crippen LogP contribution in [0.1, 0.15) is 10.4 Å². The molecule has 0 radical (unpaired) electrons. The standard InChI is InChI=1S/C22H19F2N3O4S/c1-30-17-9-2-3-10-18(17)31-13-19(28)26-14-6-4-7-15(12-14)27-20(29)16-8-5-11-25-21(16)32-22(23)24/h2-12,22H,13H2,1H3,(H,26,28)(H,27,29). The highest BCUT2D eigenvalue weighted by atomic mass is 32.2. The van der Waals surface area contributed by atoms with E-state index in [1.54, 1.807) is 42.5 Å². The van der Waals surface area contributed by atoms with Gasteiger partial charge in [0.25, 0.3) is 17.6 Å². The van der Waals surface area contributed by atoms with Crippen LogP contribution in [-0.2, 0) is 4.79 Å². The van der Waals surface area contributed by atoms with Crippen molar-refractivity contribution < 1.29 is 27.8 Å². The van der Waals surface area contributed by atoms with E-state index in [1.165, 1.54) is 31.5 Å². The lowest BCUT2D eigenvalue weighted by Crippen LogP contribution is -2.20. The maximum atomic E-state index is 12.7. The minimum atomic E-state index is -2.70. The number of thioether (sulfide) groups is 1. The van der Waals surface area contributed by atoms with Gasteiger partial charge in [-0.15, -0.1) is 0 Å². The topological polar surface area (TPSA) is 89.5 Å². The Bertz CT molecular complexity index is 1100. The number of alkyl halides is 2. The Morgan fingerprint density at radius 3 is 2.44 bits per heavy atom. The number of carbonyl (C=O) groups excluding carboxylic acids is 2. The summed E-state index contributed by atoms with van der Waals surface area (Å²) in [5.41, 5.74) is 0.817. The summed E-state index contributed by atoms with van der Waals surface area (Å²) in [5.74, 6) is -2.77. The molecule has 3 aromatic rings. The Morgan fingerprint density at radius 1 is 1.00 bits per heavy atom. The number of ether oxygens (including phenoxy) is 2. The molecule has 7 nitrogen and oxygen atoms in total. The molecule has 1 heterocycles. The fourth-order valence-corrected chi connectivity index (χ4v) is 3.27. The van der Waals surface area contributed by atoms with Gasteiger partial charge in [-0.25, -0.2) is 4.98 Å². The van der Waals surface area contributed by atoms with E-state index in [1.807, 2.05) is 0 Å². The van der Waals surface area contributed by atoms with E-state index < -0.39 is 17.6 Å². The number of carbonyl (C=O) groups is 2. The van der Waals surface area contributed by atoms with Crippen molar-refractivity contribution >= 4 is 35.0 Å². The maximum Gasteiger partial charge on any atom is 0.290 e. The minimum absolute atomic E-state index is 0.0254. The summed E-state index contributed by atoms with van der Waals surface area (Å²) >= 11 is 0.197. The highest BCUT2D eigenvalue weighted by molar-refractivity contribution is 7.99. The van der Waals surface area contributed by atoms with Crippen LogP contribution in [0.2, 0.25) is 0 Å². The van der Waals surface area contributed by atoms with Gasteiger partial charge in [-0.2, -0.15) is 8.78 Å². The van der Waals surface area contributed by atoms with Crippen LogP contribution < -0.4 is 20.1 Å². The number of nitrogens with zero attached hydrogens (tertiary/aromatic N) is 1. The number of rotatable bonds is 9. The van der Waals surface area contributed by atoms with Crippen molar-refractivity contribution in [2.45, 2.75) is 10.8 Å². The molecule has 2 amide bonds. The minimum Gasteiger partial charge on any atom is -0.493 e. The van der Waals surface area contributed by atoms with Crippen LogP contribution in [0.25, 0.3) is 0 Å². The maximum absolute atomic E-state index is 12.7. The number of aromatic nitrogens is 1. The van der Waals surface area contributed by atoms with Crippen LogP contribution in [0.3, 0.4) is 0 Å². The number of anilines is 2. The number of hydrogen-bond donors (Lipinski definition) is 2. The number of pyridine rings is 1. The van der Waals surface area contributed by atoms with Gasteiger partial charge in [0.1, 0.15) is 5.03 Å². The first-order chi connectivity index (χ1) is 15.5. The number of benzene rings is 2. The molecule has 0 aliphatic rings. The molecule has 0 spiro atoms. The summed E-state index contributed by atoms with van der Waals surface area (Å²) in [5, 5.41) is 5.22. The fourth-order valence-electron chi connectivity index (χ4n) is 2.69. The number of amides is 2. The first-order valence-corrected chi connectivity index (χ1v) is 10.2. The van der Waals surface area contributed by atoms with Gasteiger partial charge in [-0.3, -0.25) is 9.59 Å². The number of methoxy groups -OCH3 is 1. The SMILES string of the molecule is COc1ccccc1OCC(=O)Nc1cccc(NC(=O)c2cccnc2SC(F)F)c1. The summed E-state index contributed by atoms with van der Waals surface area (Å²) < 4.78 is 36.1. The number of hydrogen-bond acceptors (Lipinski definition) is 6. The Kier molecular flexibility index (Phi) is 7.98. The van der Waals surface area contributed by atoms with Crippen LogP contribution in [0, 0.1) is 0 Å². The third kappa shape index (κ3) is 6.42. The summed E-state index contributed by atoms with van der Waals surface area (Å²) in [4.78, 5) is 28.6. The molecule has 0 saturated carbocycles. The van der Waals surface area contributed by atoms with Gasteiger partial charge in [0.2, 0.25) is 0 Å². The van der Waals surface area contributed by atoms with Crippen molar-refractivity contribution in [2.24, 2.45) is 0 Å². The van der Waals surface area contributed by atoms with Crippen molar-refractivity contribution in [3.63, 3.8) is 0 Å². The molecule has 1 aromatic heterocycles. The Labute approximate surface area is 187 Å². The van der Waals surface area contributed by atoms with Gasteiger partial charge in [-0.05, 0) is 54.2 Å². The van der Waals surface area contributed by atoms with Gasteiger partial charge in [0.15, 0.2) is 18.1 Å². The third-order valence-corrected chi connectivity index (χ3v) is 4.78. The molecule has 10 heteroatoms. The molecule has 0 fully saturated rings. The average molecular weight is 459 g/mol. The Morgan fingerprint density at radius 2 is 1.72 bits per heavy atom. The van der Waals surface area contributed by atoms with Crippen molar-refractivity contribution in [1.29, 1.82) is 0 Å². The summed E-state index contributed by atoms with van der Waals surface area (Å²) in [6, 6.07) is 16.3. The Hall–Kier alpha value is -3.66. The van der Waals surface area contributed by atoms with E-state index in [9.17, 15) is 18.4 Å². The van der Waals surface area contributed by atoms with Crippen molar-refractivity contribution in [2.75, 3.05) is 24.4 Å². The second-order valence-electron chi connectivity index (χ2n) is 6.26. The molecule has 32 heavy (non-hydrogen) atoms. The summed E-state index contributed by atoms with van der Waals surface area (Å²) in [7, 11) is 1.50. The van der Waals surface area contributed by atoms with Crippen molar-refractivity contribution in [3.8, 4) is 11.5 Å². The van der Waals surface area contributed by atoms with Gasteiger partial charge >= 0.3 is 0 Å². The first-order valence-electron chi connectivity index (χ1n) is 9.33. The van der Waals surface area contributed by atoms with Gasteiger partial charge in [0, 0.05) is 17.6 Å². The quantitative estimate of drug-likeness (QED) is 0.452. The molecule has 0 saturated heterocycles. The van der Waals surface area contributed by atoms with E-state index >= 15 is 0 Å². The predicted octanol–water partition coefficient (Wildman–Crippen LogP) is 4.67. The van der Waals surface area contributed by atoms with Crippen LogP contribution in [0.5, 0.6) is 11.5 Å². The van der Waals surface area contributed by atoms with Crippen LogP contribution in [0.15, 0.2) is 71.9 Å². The van der Waals surface area contributed by atoms with Gasteiger partial charge < -0.3 is 20.1 Å². The smallest absolute Gasteiger partial charge is 0.290 e. The van der Waals surface area contributed by atoms with Gasteiger partial charge in [-0.1, -0.05) is 18.2 Å². The van der Waals surface area contributed by atoms with E-state index in [0.29, 0.717) is 22.9 Å². The lowest BCUT2D eigenvalue weighted by atomic mass is 10.2. The zero-order chi connectivity index (χ0) is 22.9. The molecule has 3 rings (SSSR count). The number of halogens is 2. The average Bonchev–Trinajstić information content (AvgIpc) is 2.78. The monoisotopic (exact) mass is 459 g/mol. The summed E-state index contributed by atoms with van der Waals surface area (Å²) in [6.07, 6.45) is 1.34. The largest absolute Gasteiger partial charge is 0.493 e. The van der Waals surface area contributed by atoms with Crippen LogP contribution in [0.4, 0.5) is 20.2 Å². The van der Waals surface area contributed by atoms with Crippen LogP contribution >= 0.6 is 11.8 Å². The zero-order valence-electron chi connectivity index (χ0n) is 16.9. The zero-order valence-corrected chi connectivity index (χ0v) is 17.7. The fraction of sp³-hybridized carbons (Fsp3) is 0.136. The first kappa shape index (κ1) is 23.0. The molecule has 0 atom stereocenters. The molecule has 2 aromatic carbocycles. The predicted molar refractivity (Wildman–Crippen MR) is 118 cm³/mol. The highest BCUT2D eigenvalue weighted by Crippen LogP contribution is 2.27. The molecule has 0 aliphatic carbocycles. The van der Waals surface area contributed by atoms with E-state index in [2.05, 4.69) is 15.6 Å². The lowest BCUT2D eigenvalue weighted by Gasteiger charge is -2.12. The number of para-hydroxylation sites is 2. The van der Waals surface area contributed by atoms with E-state index in [0.717, 1.165) is 0 Å². The second kappa shape index (κ2) is 11.1. The second-order valence-corrected chi connectivity index (χ2v) is 7.24. The number of nitrogens with one attached hydrogen (secondary N) is 2. The molecule has 166 valence electrons. The Balaban J connectivity index is 1.62. The van der Waals surface area contributed by atoms with Crippen LogP contribution in [-0.4, -0.2) is 36.3 Å². The van der Waals surface area contributed by atoms with Crippen molar-refractivity contribution in [1.82, 2.24) is 4.98 Å². The van der Waals surface area contributed by atoms with Crippen molar-refractivity contribution in [3.05, 3.63) is 72.4 Å². The molecule has 2 N–H and O–H groups in total.